The number of anilines is 1. The zero-order chi connectivity index (χ0) is 15.9. The van der Waals surface area contributed by atoms with Crippen LogP contribution < -0.4 is 5.32 Å². The average Bonchev–Trinajstić information content (AvgIpc) is 2.48. The van der Waals surface area contributed by atoms with Gasteiger partial charge in [-0.25, -0.2) is 8.78 Å². The number of benzene rings is 2. The number of hydrogen-bond donors (Lipinski definition) is 1. The molecule has 0 aliphatic heterocycles. The Morgan fingerprint density at radius 1 is 1.27 bits per heavy atom. The minimum atomic E-state index is -0.574. The van der Waals surface area contributed by atoms with E-state index in [1.165, 1.54) is 36.5 Å². The number of nitrogens with one attached hydrogen (secondary N) is 1. The molecule has 0 saturated heterocycles. The minimum absolute atomic E-state index is 0.0946. The van der Waals surface area contributed by atoms with Gasteiger partial charge in [0.05, 0.1) is 11.2 Å². The molecule has 0 aromatic heterocycles. The van der Waals surface area contributed by atoms with Crippen LogP contribution in [0.25, 0.3) is 0 Å². The first kappa shape index (κ1) is 15.9. The van der Waals surface area contributed by atoms with Crippen molar-refractivity contribution in [3.8, 4) is 0 Å². The number of oxime groups is 1. The summed E-state index contributed by atoms with van der Waals surface area (Å²) in [5.41, 5.74) is 0.847. The summed E-state index contributed by atoms with van der Waals surface area (Å²) in [6.07, 6.45) is 1.28. The molecule has 22 heavy (non-hydrogen) atoms. The van der Waals surface area contributed by atoms with Gasteiger partial charge in [0.15, 0.2) is 6.61 Å². The van der Waals surface area contributed by atoms with Gasteiger partial charge in [-0.1, -0.05) is 28.9 Å². The van der Waals surface area contributed by atoms with Crippen molar-refractivity contribution in [2.45, 2.75) is 0 Å². The van der Waals surface area contributed by atoms with E-state index in [-0.39, 0.29) is 11.6 Å². The molecule has 0 radical (unpaired) electrons. The number of carbonyl (C=O) groups is 1. The number of amides is 1. The van der Waals surface area contributed by atoms with Gasteiger partial charge in [-0.3, -0.25) is 4.79 Å². The highest BCUT2D eigenvalue weighted by Gasteiger charge is 2.05. The minimum Gasteiger partial charge on any atom is -0.386 e. The summed E-state index contributed by atoms with van der Waals surface area (Å²) >= 11 is 5.59. The first-order valence-electron chi connectivity index (χ1n) is 6.20. The van der Waals surface area contributed by atoms with Crippen molar-refractivity contribution in [3.05, 3.63) is 64.7 Å². The molecule has 0 aliphatic rings. The Hall–Kier alpha value is -2.47. The van der Waals surface area contributed by atoms with Gasteiger partial charge < -0.3 is 10.2 Å². The fourth-order valence-corrected chi connectivity index (χ4v) is 1.73. The summed E-state index contributed by atoms with van der Waals surface area (Å²) in [6, 6.07) is 9.53. The Morgan fingerprint density at radius 2 is 2.09 bits per heavy atom. The number of hydrogen-bond acceptors (Lipinski definition) is 3. The summed E-state index contributed by atoms with van der Waals surface area (Å²) in [5, 5.41) is 5.93. The van der Waals surface area contributed by atoms with Gasteiger partial charge in [0.1, 0.15) is 11.6 Å². The fourth-order valence-electron chi connectivity index (χ4n) is 1.55. The third-order valence-electron chi connectivity index (χ3n) is 2.52. The first-order valence-corrected chi connectivity index (χ1v) is 6.58. The van der Waals surface area contributed by atoms with E-state index in [0.29, 0.717) is 11.3 Å². The van der Waals surface area contributed by atoms with Crippen molar-refractivity contribution in [2.75, 3.05) is 11.9 Å². The predicted molar refractivity (Wildman–Crippen MR) is 80.0 cm³/mol. The third kappa shape index (κ3) is 4.82. The zero-order valence-corrected chi connectivity index (χ0v) is 12.0. The monoisotopic (exact) mass is 324 g/mol. The average molecular weight is 325 g/mol. The topological polar surface area (TPSA) is 50.7 Å². The predicted octanol–water partition coefficient (Wildman–Crippen LogP) is 3.61. The third-order valence-corrected chi connectivity index (χ3v) is 2.81. The Bertz CT molecular complexity index is 708. The van der Waals surface area contributed by atoms with Gasteiger partial charge in [0, 0.05) is 5.69 Å². The molecular formula is C15H11ClF2N2O2. The molecule has 4 nitrogen and oxygen atoms in total. The normalized spacial score (nSPS) is 10.7. The maximum atomic E-state index is 13.0. The molecule has 0 heterocycles. The van der Waals surface area contributed by atoms with Crippen LogP contribution in [0.1, 0.15) is 5.56 Å². The van der Waals surface area contributed by atoms with Crippen molar-refractivity contribution in [1.29, 1.82) is 0 Å². The Labute approximate surface area is 130 Å². The lowest BCUT2D eigenvalue weighted by molar-refractivity contribution is -0.120. The maximum Gasteiger partial charge on any atom is 0.265 e. The Balaban J connectivity index is 1.81. The highest BCUT2D eigenvalue weighted by Crippen LogP contribution is 2.19. The van der Waals surface area contributed by atoms with Crippen molar-refractivity contribution >= 4 is 29.4 Å². The van der Waals surface area contributed by atoms with Crippen LogP contribution in [0.5, 0.6) is 0 Å². The molecule has 0 fully saturated rings. The molecule has 0 aliphatic carbocycles. The summed E-state index contributed by atoms with van der Waals surface area (Å²) in [5.74, 6) is -1.45. The van der Waals surface area contributed by atoms with E-state index in [1.807, 2.05) is 0 Å². The largest absolute Gasteiger partial charge is 0.386 e. The standard InChI is InChI=1S/C15H11ClF2N2O2/c16-13-7-12(4-5-14(13)18)20-15(21)9-22-19-8-10-2-1-3-11(17)6-10/h1-8H,9H2,(H,20,21)/b19-8-. The maximum absolute atomic E-state index is 13.0. The highest BCUT2D eigenvalue weighted by molar-refractivity contribution is 6.31. The molecule has 0 spiro atoms. The summed E-state index contributed by atoms with van der Waals surface area (Å²) in [6.45, 7) is -0.346. The lowest BCUT2D eigenvalue weighted by Crippen LogP contribution is -2.17. The Kier molecular flexibility index (Phi) is 5.43. The van der Waals surface area contributed by atoms with Gasteiger partial charge in [0.2, 0.25) is 0 Å². The molecule has 2 rings (SSSR count). The number of nitrogens with zero attached hydrogens (tertiary/aromatic N) is 1. The van der Waals surface area contributed by atoms with E-state index in [1.54, 1.807) is 6.07 Å². The van der Waals surface area contributed by atoms with Crippen LogP contribution in [0.4, 0.5) is 14.5 Å². The second-order valence-electron chi connectivity index (χ2n) is 4.24. The number of rotatable bonds is 5. The molecule has 2 aromatic rings. The molecule has 0 bridgehead atoms. The summed E-state index contributed by atoms with van der Waals surface area (Å²) < 4.78 is 25.9. The SMILES string of the molecule is O=C(CO/N=C\c1cccc(F)c1)Nc1ccc(F)c(Cl)c1. The highest BCUT2D eigenvalue weighted by atomic mass is 35.5. The van der Waals surface area contributed by atoms with Crippen molar-refractivity contribution < 1.29 is 18.4 Å². The summed E-state index contributed by atoms with van der Waals surface area (Å²) in [7, 11) is 0. The van der Waals surface area contributed by atoms with Crippen LogP contribution in [0.2, 0.25) is 5.02 Å². The molecular weight excluding hydrogens is 314 g/mol. The molecule has 0 atom stereocenters. The summed E-state index contributed by atoms with van der Waals surface area (Å²) in [4.78, 5) is 16.4. The fraction of sp³-hybridized carbons (Fsp3) is 0.0667. The quantitative estimate of drug-likeness (QED) is 0.674. The van der Waals surface area contributed by atoms with Crippen LogP contribution in [-0.2, 0) is 9.63 Å². The molecule has 1 N–H and O–H groups in total. The van der Waals surface area contributed by atoms with Crippen LogP contribution in [0.15, 0.2) is 47.6 Å². The molecule has 2 aromatic carbocycles. The molecule has 1 amide bonds. The van der Waals surface area contributed by atoms with E-state index in [4.69, 9.17) is 16.4 Å². The molecule has 7 heteroatoms. The Morgan fingerprint density at radius 3 is 2.82 bits per heavy atom. The van der Waals surface area contributed by atoms with E-state index in [2.05, 4.69) is 10.5 Å². The van der Waals surface area contributed by atoms with Gasteiger partial charge in [-0.2, -0.15) is 0 Å². The number of carbonyl (C=O) groups excluding carboxylic acids is 1. The second kappa shape index (κ2) is 7.51. The molecule has 0 saturated carbocycles. The van der Waals surface area contributed by atoms with Crippen LogP contribution in [-0.4, -0.2) is 18.7 Å². The second-order valence-corrected chi connectivity index (χ2v) is 4.65. The van der Waals surface area contributed by atoms with E-state index in [0.717, 1.165) is 6.07 Å². The smallest absolute Gasteiger partial charge is 0.265 e. The van der Waals surface area contributed by atoms with Crippen LogP contribution >= 0.6 is 11.6 Å². The van der Waals surface area contributed by atoms with E-state index >= 15 is 0 Å². The van der Waals surface area contributed by atoms with Gasteiger partial charge in [-0.15, -0.1) is 0 Å². The lowest BCUT2D eigenvalue weighted by Gasteiger charge is -2.05. The van der Waals surface area contributed by atoms with Crippen molar-refractivity contribution in [1.82, 2.24) is 0 Å². The number of halogens is 3. The first-order chi connectivity index (χ1) is 10.5. The van der Waals surface area contributed by atoms with Gasteiger partial charge in [-0.05, 0) is 35.9 Å². The van der Waals surface area contributed by atoms with E-state index in [9.17, 15) is 13.6 Å². The molecule has 114 valence electrons. The lowest BCUT2D eigenvalue weighted by atomic mass is 10.2. The van der Waals surface area contributed by atoms with Crippen molar-refractivity contribution in [3.63, 3.8) is 0 Å². The van der Waals surface area contributed by atoms with Crippen molar-refractivity contribution in [2.24, 2.45) is 5.16 Å². The van der Waals surface area contributed by atoms with Gasteiger partial charge >= 0.3 is 0 Å². The molecule has 0 unspecified atom stereocenters. The van der Waals surface area contributed by atoms with Crippen LogP contribution in [0, 0.1) is 11.6 Å². The zero-order valence-electron chi connectivity index (χ0n) is 11.2. The van der Waals surface area contributed by atoms with E-state index < -0.39 is 17.5 Å². The van der Waals surface area contributed by atoms with Crippen LogP contribution in [0.3, 0.4) is 0 Å². The van der Waals surface area contributed by atoms with Gasteiger partial charge in [0.25, 0.3) is 5.91 Å².